The molecule has 3 nitrogen and oxygen atoms in total. The SMILES string of the molecule is CC1(C)c2ccccc2N(c2cccc3ccccc23)c2cc(C=C3C(=O)c4cc5ccccc5cc4C3=O)sc21. The molecule has 0 bridgehead atoms. The van der Waals surface area contributed by atoms with Gasteiger partial charge in [-0.2, -0.15) is 0 Å². The molecule has 0 N–H and O–H groups in total. The maximum Gasteiger partial charge on any atom is 0.197 e. The van der Waals surface area contributed by atoms with Crippen LogP contribution in [0.25, 0.3) is 27.6 Å². The van der Waals surface area contributed by atoms with Crippen LogP contribution in [0.4, 0.5) is 17.1 Å². The summed E-state index contributed by atoms with van der Waals surface area (Å²) in [4.78, 5) is 31.5. The molecule has 1 aliphatic heterocycles. The number of hydrogen-bond acceptors (Lipinski definition) is 4. The number of thiophene rings is 1. The van der Waals surface area contributed by atoms with E-state index in [9.17, 15) is 9.59 Å². The van der Waals surface area contributed by atoms with Gasteiger partial charge in [0, 0.05) is 31.7 Å². The molecule has 196 valence electrons. The average Bonchev–Trinajstić information content (AvgIpc) is 3.52. The minimum atomic E-state index is -0.251. The third kappa shape index (κ3) is 3.44. The maximum absolute atomic E-state index is 13.5. The van der Waals surface area contributed by atoms with E-state index in [2.05, 4.69) is 91.5 Å². The third-order valence-corrected chi connectivity index (χ3v) is 9.91. The highest BCUT2D eigenvalue weighted by atomic mass is 32.1. The summed E-state index contributed by atoms with van der Waals surface area (Å²) in [5.74, 6) is -0.397. The predicted molar refractivity (Wildman–Crippen MR) is 169 cm³/mol. The van der Waals surface area contributed by atoms with Gasteiger partial charge in [-0.25, -0.2) is 0 Å². The van der Waals surface area contributed by atoms with E-state index in [1.807, 2.05) is 36.4 Å². The van der Waals surface area contributed by atoms with E-state index in [0.717, 1.165) is 32.7 Å². The van der Waals surface area contributed by atoms with Crippen molar-refractivity contribution in [3.63, 3.8) is 0 Å². The zero-order chi connectivity index (χ0) is 27.9. The Morgan fingerprint density at radius 1 is 0.634 bits per heavy atom. The summed E-state index contributed by atoms with van der Waals surface area (Å²) in [6.07, 6.45) is 1.81. The summed E-state index contributed by atoms with van der Waals surface area (Å²) < 4.78 is 0. The van der Waals surface area contributed by atoms with Crippen molar-refractivity contribution in [3.8, 4) is 0 Å². The van der Waals surface area contributed by atoms with Crippen LogP contribution in [0.5, 0.6) is 0 Å². The summed E-state index contributed by atoms with van der Waals surface area (Å²) in [7, 11) is 0. The molecule has 0 saturated carbocycles. The first kappa shape index (κ1) is 24.0. The molecule has 0 atom stereocenters. The molecule has 8 rings (SSSR count). The van der Waals surface area contributed by atoms with Crippen molar-refractivity contribution in [2.75, 3.05) is 4.90 Å². The van der Waals surface area contributed by atoms with Crippen molar-refractivity contribution < 1.29 is 9.59 Å². The number of para-hydroxylation sites is 1. The molecule has 2 heterocycles. The number of benzene rings is 5. The van der Waals surface area contributed by atoms with Crippen molar-refractivity contribution >= 4 is 67.6 Å². The molecular formula is C37H25NO2S. The van der Waals surface area contributed by atoms with Crippen molar-refractivity contribution in [1.82, 2.24) is 0 Å². The number of carbonyl (C=O) groups is 2. The van der Waals surface area contributed by atoms with Gasteiger partial charge in [-0.15, -0.1) is 11.3 Å². The van der Waals surface area contributed by atoms with Crippen LogP contribution in [0.1, 0.15) is 49.9 Å². The predicted octanol–water partition coefficient (Wildman–Crippen LogP) is 9.63. The summed E-state index contributed by atoms with van der Waals surface area (Å²) in [5, 5.41) is 4.28. The lowest BCUT2D eigenvalue weighted by atomic mass is 9.78. The molecule has 1 aromatic heterocycles. The highest BCUT2D eigenvalue weighted by molar-refractivity contribution is 7.13. The zero-order valence-electron chi connectivity index (χ0n) is 22.6. The van der Waals surface area contributed by atoms with E-state index in [1.54, 1.807) is 17.4 Å². The fourth-order valence-electron chi connectivity index (χ4n) is 6.48. The minimum absolute atomic E-state index is 0.199. The van der Waals surface area contributed by atoms with E-state index in [-0.39, 0.29) is 22.6 Å². The average molecular weight is 548 g/mol. The third-order valence-electron chi connectivity index (χ3n) is 8.52. The van der Waals surface area contributed by atoms with Gasteiger partial charge in [0.15, 0.2) is 11.6 Å². The van der Waals surface area contributed by atoms with Crippen molar-refractivity contribution in [3.05, 3.63) is 141 Å². The van der Waals surface area contributed by atoms with E-state index >= 15 is 0 Å². The normalized spacial score (nSPS) is 15.3. The van der Waals surface area contributed by atoms with Crippen LogP contribution in [0.2, 0.25) is 0 Å². The molecule has 5 aromatic carbocycles. The lowest BCUT2D eigenvalue weighted by Crippen LogP contribution is -2.29. The summed E-state index contributed by atoms with van der Waals surface area (Å²) in [6, 6.07) is 37.1. The smallest absolute Gasteiger partial charge is 0.197 e. The highest BCUT2D eigenvalue weighted by Crippen LogP contribution is 2.55. The number of fused-ring (bicyclic) bond motifs is 5. The fourth-order valence-corrected chi connectivity index (χ4v) is 7.68. The molecule has 1 aliphatic carbocycles. The first-order valence-corrected chi connectivity index (χ1v) is 14.6. The Labute approximate surface area is 242 Å². The van der Waals surface area contributed by atoms with Crippen LogP contribution in [0.15, 0.2) is 115 Å². The number of allylic oxidation sites excluding steroid dienone is 1. The highest BCUT2D eigenvalue weighted by Gasteiger charge is 2.40. The largest absolute Gasteiger partial charge is 0.308 e. The van der Waals surface area contributed by atoms with Crippen LogP contribution >= 0.6 is 11.3 Å². The molecule has 0 spiro atoms. The number of anilines is 3. The molecule has 2 aliphatic rings. The van der Waals surface area contributed by atoms with Crippen LogP contribution < -0.4 is 4.90 Å². The summed E-state index contributed by atoms with van der Waals surface area (Å²) in [6.45, 7) is 4.51. The van der Waals surface area contributed by atoms with Gasteiger partial charge in [-0.1, -0.05) is 92.7 Å². The molecule has 0 fully saturated rings. The number of ketones is 2. The number of carbonyl (C=O) groups excluding carboxylic acids is 2. The van der Waals surface area contributed by atoms with Gasteiger partial charge in [0.25, 0.3) is 0 Å². The Balaban J connectivity index is 1.31. The fraction of sp³-hybridized carbons (Fsp3) is 0.0811. The van der Waals surface area contributed by atoms with Crippen molar-refractivity contribution in [2.24, 2.45) is 0 Å². The Hall–Kier alpha value is -4.80. The summed E-state index contributed by atoms with van der Waals surface area (Å²) >= 11 is 1.66. The Morgan fingerprint density at radius 3 is 1.95 bits per heavy atom. The number of nitrogens with zero attached hydrogens (tertiary/aromatic N) is 1. The van der Waals surface area contributed by atoms with E-state index in [0.29, 0.717) is 11.1 Å². The van der Waals surface area contributed by atoms with Gasteiger partial charge in [0.2, 0.25) is 0 Å². The number of hydrogen-bond donors (Lipinski definition) is 0. The Morgan fingerprint density at radius 2 is 1.22 bits per heavy atom. The van der Waals surface area contributed by atoms with E-state index < -0.39 is 0 Å². The standard InChI is InChI=1S/C37H25NO2S/c1-37(2)30-15-7-8-16-32(30)38(31-17-9-13-22-10-5-6-14-26(22)31)33-21-25(41-36(33)37)20-29-34(39)27-18-23-11-3-4-12-24(23)19-28(27)35(29)40/h3-21H,1-2H3. The van der Waals surface area contributed by atoms with Gasteiger partial charge in [-0.05, 0) is 58.1 Å². The summed E-state index contributed by atoms with van der Waals surface area (Å²) in [5.41, 5.74) is 5.55. The van der Waals surface area contributed by atoms with Crippen LogP contribution in [-0.4, -0.2) is 11.6 Å². The number of Topliss-reactive ketones (excluding diaryl/α,β-unsaturated/α-hetero) is 2. The molecule has 0 amide bonds. The van der Waals surface area contributed by atoms with Crippen LogP contribution in [0.3, 0.4) is 0 Å². The molecule has 41 heavy (non-hydrogen) atoms. The Kier molecular flexibility index (Phi) is 5.04. The first-order valence-electron chi connectivity index (χ1n) is 13.8. The minimum Gasteiger partial charge on any atom is -0.308 e. The molecule has 4 heteroatoms. The lowest BCUT2D eigenvalue weighted by molar-refractivity contribution is 0.0990. The van der Waals surface area contributed by atoms with Crippen molar-refractivity contribution in [1.29, 1.82) is 0 Å². The van der Waals surface area contributed by atoms with Crippen LogP contribution in [0, 0.1) is 0 Å². The molecule has 0 saturated heterocycles. The van der Waals surface area contributed by atoms with E-state index in [1.165, 1.54) is 21.2 Å². The topological polar surface area (TPSA) is 37.4 Å². The molecule has 0 unspecified atom stereocenters. The van der Waals surface area contributed by atoms with Gasteiger partial charge >= 0.3 is 0 Å². The second kappa shape index (κ2) is 8.60. The second-order valence-corrected chi connectivity index (χ2v) is 12.4. The number of rotatable bonds is 2. The Bertz CT molecular complexity index is 2070. The molecular weight excluding hydrogens is 522 g/mol. The van der Waals surface area contributed by atoms with Gasteiger partial charge < -0.3 is 4.90 Å². The molecule has 6 aromatic rings. The molecule has 0 radical (unpaired) electrons. The second-order valence-electron chi connectivity index (χ2n) is 11.3. The maximum atomic E-state index is 13.5. The van der Waals surface area contributed by atoms with Crippen molar-refractivity contribution in [2.45, 2.75) is 19.3 Å². The first-order chi connectivity index (χ1) is 19.9. The quantitative estimate of drug-likeness (QED) is 0.160. The van der Waals surface area contributed by atoms with Crippen LogP contribution in [-0.2, 0) is 5.41 Å². The lowest BCUT2D eigenvalue weighted by Gasteiger charge is -2.40. The monoisotopic (exact) mass is 547 g/mol. The van der Waals surface area contributed by atoms with E-state index in [4.69, 9.17) is 0 Å². The van der Waals surface area contributed by atoms with Gasteiger partial charge in [-0.3, -0.25) is 9.59 Å². The van der Waals surface area contributed by atoms with Gasteiger partial charge in [0.05, 0.1) is 22.6 Å². The van der Waals surface area contributed by atoms with Gasteiger partial charge in [0.1, 0.15) is 0 Å². The zero-order valence-corrected chi connectivity index (χ0v) is 23.5.